The predicted octanol–water partition coefficient (Wildman–Crippen LogP) is 2.21. The van der Waals surface area contributed by atoms with E-state index in [0.29, 0.717) is 6.04 Å². The van der Waals surface area contributed by atoms with Crippen LogP contribution in [0.4, 0.5) is 5.82 Å². The topological polar surface area (TPSA) is 41.1 Å². The second-order valence-corrected chi connectivity index (χ2v) is 5.68. The van der Waals surface area contributed by atoms with Gasteiger partial charge in [0.05, 0.1) is 11.9 Å². The lowest BCUT2D eigenvalue weighted by Crippen LogP contribution is -2.35. The van der Waals surface area contributed by atoms with Crippen LogP contribution < -0.4 is 10.2 Å². The monoisotopic (exact) mass is 236 g/mol. The molecule has 0 saturated carbocycles. The summed E-state index contributed by atoms with van der Waals surface area (Å²) < 4.78 is 0. The largest absolute Gasteiger partial charge is 0.356 e. The number of nitrogens with one attached hydrogen (secondary N) is 1. The van der Waals surface area contributed by atoms with Gasteiger partial charge in [0.1, 0.15) is 5.82 Å². The van der Waals surface area contributed by atoms with Crippen molar-refractivity contribution in [2.45, 2.75) is 52.7 Å². The fraction of sp³-hybridized carbons (Fsp3) is 0.692. The zero-order valence-electron chi connectivity index (χ0n) is 11.8. The van der Waals surface area contributed by atoms with Gasteiger partial charge in [0.25, 0.3) is 0 Å². The van der Waals surface area contributed by atoms with Gasteiger partial charge in [0.15, 0.2) is 0 Å². The number of aromatic nitrogens is 2. The van der Waals surface area contributed by atoms with Gasteiger partial charge in [-0.2, -0.15) is 0 Å². The van der Waals surface area contributed by atoms with E-state index in [-0.39, 0.29) is 5.54 Å². The van der Waals surface area contributed by atoms with E-state index in [1.807, 2.05) is 13.2 Å². The lowest BCUT2D eigenvalue weighted by molar-refractivity contribution is 0.421. The molecule has 1 N–H and O–H groups in total. The maximum absolute atomic E-state index is 4.60. The number of anilines is 1. The Labute approximate surface area is 104 Å². The molecule has 1 rings (SSSR count). The molecule has 0 aliphatic heterocycles. The van der Waals surface area contributed by atoms with E-state index in [1.54, 1.807) is 6.20 Å². The Morgan fingerprint density at radius 3 is 2.47 bits per heavy atom. The molecule has 1 aromatic rings. The van der Waals surface area contributed by atoms with Gasteiger partial charge >= 0.3 is 0 Å². The second kappa shape index (κ2) is 5.45. The zero-order valence-corrected chi connectivity index (χ0v) is 11.8. The highest BCUT2D eigenvalue weighted by Gasteiger charge is 2.11. The zero-order chi connectivity index (χ0) is 13.1. The number of nitrogens with zero attached hydrogens (tertiary/aromatic N) is 3. The summed E-state index contributed by atoms with van der Waals surface area (Å²) in [4.78, 5) is 11.0. The molecular formula is C13H24N4. The third-order valence-corrected chi connectivity index (χ3v) is 2.61. The van der Waals surface area contributed by atoms with Crippen LogP contribution in [0.15, 0.2) is 12.4 Å². The molecule has 1 aromatic heterocycles. The van der Waals surface area contributed by atoms with Crippen LogP contribution in [0.1, 0.15) is 40.3 Å². The molecule has 0 saturated heterocycles. The van der Waals surface area contributed by atoms with Crippen LogP contribution in [0.3, 0.4) is 0 Å². The molecule has 17 heavy (non-hydrogen) atoms. The van der Waals surface area contributed by atoms with E-state index < -0.39 is 0 Å². The van der Waals surface area contributed by atoms with Crippen LogP contribution in [0, 0.1) is 0 Å². The average molecular weight is 236 g/mol. The number of rotatable bonds is 4. The highest BCUT2D eigenvalue weighted by molar-refractivity contribution is 5.36. The average Bonchev–Trinajstić information content (AvgIpc) is 2.24. The highest BCUT2D eigenvalue weighted by Crippen LogP contribution is 2.11. The lowest BCUT2D eigenvalue weighted by Gasteiger charge is -2.23. The van der Waals surface area contributed by atoms with Gasteiger partial charge in [-0.05, 0) is 34.6 Å². The van der Waals surface area contributed by atoms with Gasteiger partial charge in [-0.3, -0.25) is 4.98 Å². The summed E-state index contributed by atoms with van der Waals surface area (Å²) in [5.41, 5.74) is 1.08. The molecule has 1 heterocycles. The van der Waals surface area contributed by atoms with E-state index in [1.165, 1.54) is 0 Å². The summed E-state index contributed by atoms with van der Waals surface area (Å²) in [7, 11) is 2.04. The fourth-order valence-corrected chi connectivity index (χ4v) is 1.27. The van der Waals surface area contributed by atoms with Crippen LogP contribution in [0.25, 0.3) is 0 Å². The minimum Gasteiger partial charge on any atom is -0.356 e. The summed E-state index contributed by atoms with van der Waals surface area (Å²) >= 11 is 0. The first-order valence-electron chi connectivity index (χ1n) is 6.08. The molecule has 0 aliphatic rings. The maximum atomic E-state index is 4.60. The van der Waals surface area contributed by atoms with Crippen LogP contribution in [-0.4, -0.2) is 28.6 Å². The standard InChI is InChI=1S/C13H24N4/c1-10(2)17(6)12-9-14-7-11(16-12)8-15-13(3,4)5/h7,9-10,15H,8H2,1-6H3. The van der Waals surface area contributed by atoms with Crippen molar-refractivity contribution < 1.29 is 0 Å². The number of hydrogen-bond acceptors (Lipinski definition) is 4. The Kier molecular flexibility index (Phi) is 4.46. The van der Waals surface area contributed by atoms with E-state index in [9.17, 15) is 0 Å². The summed E-state index contributed by atoms with van der Waals surface area (Å²) in [5.74, 6) is 0.924. The molecule has 0 unspecified atom stereocenters. The van der Waals surface area contributed by atoms with Gasteiger partial charge < -0.3 is 10.2 Å². The van der Waals surface area contributed by atoms with Crippen LogP contribution in [0.5, 0.6) is 0 Å². The molecule has 4 nitrogen and oxygen atoms in total. The Morgan fingerprint density at radius 2 is 1.94 bits per heavy atom. The normalized spacial score (nSPS) is 11.9. The van der Waals surface area contributed by atoms with Crippen molar-refractivity contribution in [2.24, 2.45) is 0 Å². The van der Waals surface area contributed by atoms with Gasteiger partial charge in [0.2, 0.25) is 0 Å². The Hall–Kier alpha value is -1.16. The van der Waals surface area contributed by atoms with Crippen molar-refractivity contribution >= 4 is 5.82 Å². The third kappa shape index (κ3) is 4.69. The Bertz CT molecular complexity index is 355. The quantitative estimate of drug-likeness (QED) is 0.870. The van der Waals surface area contributed by atoms with Gasteiger partial charge in [-0.25, -0.2) is 4.98 Å². The van der Waals surface area contributed by atoms with E-state index in [4.69, 9.17) is 0 Å². The summed E-state index contributed by atoms with van der Waals surface area (Å²) in [6, 6.07) is 0.426. The van der Waals surface area contributed by atoms with Gasteiger partial charge in [0, 0.05) is 31.4 Å². The van der Waals surface area contributed by atoms with Crippen molar-refractivity contribution in [3.05, 3.63) is 18.1 Å². The maximum Gasteiger partial charge on any atom is 0.147 e. The van der Waals surface area contributed by atoms with E-state index in [0.717, 1.165) is 18.1 Å². The molecule has 0 atom stereocenters. The summed E-state index contributed by atoms with van der Waals surface area (Å²) in [5, 5.41) is 3.41. The van der Waals surface area contributed by atoms with E-state index >= 15 is 0 Å². The predicted molar refractivity (Wildman–Crippen MR) is 72.2 cm³/mol. The molecular weight excluding hydrogens is 212 g/mol. The minimum absolute atomic E-state index is 0.0988. The Balaban J connectivity index is 2.73. The molecule has 96 valence electrons. The van der Waals surface area contributed by atoms with Gasteiger partial charge in [-0.1, -0.05) is 0 Å². The van der Waals surface area contributed by atoms with Crippen LogP contribution in [-0.2, 0) is 6.54 Å². The van der Waals surface area contributed by atoms with Crippen molar-refractivity contribution in [2.75, 3.05) is 11.9 Å². The smallest absolute Gasteiger partial charge is 0.147 e. The molecule has 4 heteroatoms. The second-order valence-electron chi connectivity index (χ2n) is 5.68. The first-order chi connectivity index (χ1) is 7.79. The van der Waals surface area contributed by atoms with Crippen molar-refractivity contribution in [3.8, 4) is 0 Å². The molecule has 0 aromatic carbocycles. The third-order valence-electron chi connectivity index (χ3n) is 2.61. The lowest BCUT2D eigenvalue weighted by atomic mass is 10.1. The molecule has 0 bridgehead atoms. The fourth-order valence-electron chi connectivity index (χ4n) is 1.27. The highest BCUT2D eigenvalue weighted by atomic mass is 15.2. The number of hydrogen-bond donors (Lipinski definition) is 1. The molecule has 0 fully saturated rings. The van der Waals surface area contributed by atoms with Crippen LogP contribution in [0.2, 0.25) is 0 Å². The van der Waals surface area contributed by atoms with Crippen LogP contribution >= 0.6 is 0 Å². The van der Waals surface area contributed by atoms with Crippen molar-refractivity contribution in [3.63, 3.8) is 0 Å². The Morgan fingerprint density at radius 1 is 1.29 bits per heavy atom. The molecule has 0 amide bonds. The van der Waals surface area contributed by atoms with Crippen molar-refractivity contribution in [1.82, 2.24) is 15.3 Å². The summed E-state index contributed by atoms with van der Waals surface area (Å²) in [6.45, 7) is 11.5. The molecule has 0 spiro atoms. The van der Waals surface area contributed by atoms with Crippen molar-refractivity contribution in [1.29, 1.82) is 0 Å². The summed E-state index contributed by atoms with van der Waals surface area (Å²) in [6.07, 6.45) is 3.62. The minimum atomic E-state index is 0.0988. The van der Waals surface area contributed by atoms with Gasteiger partial charge in [-0.15, -0.1) is 0 Å². The molecule has 0 radical (unpaired) electrons. The first-order valence-corrected chi connectivity index (χ1v) is 6.08. The first kappa shape index (κ1) is 13.9. The van der Waals surface area contributed by atoms with E-state index in [2.05, 4.69) is 54.8 Å². The SMILES string of the molecule is CC(C)N(C)c1cncc(CNC(C)(C)C)n1. The molecule has 0 aliphatic carbocycles.